The lowest BCUT2D eigenvalue weighted by Crippen LogP contribution is -2.00. The molecule has 0 saturated heterocycles. The molecule has 1 heterocycles. The molecule has 3 aromatic rings. The third-order valence-electron chi connectivity index (χ3n) is 3.13. The third-order valence-corrected chi connectivity index (χ3v) is 3.46. The number of phenols is 1. The molecule has 1 aromatic heterocycles. The zero-order valence-electron chi connectivity index (χ0n) is 10.7. The van der Waals surface area contributed by atoms with Crippen molar-refractivity contribution in [1.82, 2.24) is 4.98 Å². The van der Waals surface area contributed by atoms with Crippen molar-refractivity contribution >= 4 is 28.2 Å². The lowest BCUT2D eigenvalue weighted by molar-refractivity contribution is 0.475. The molecule has 0 aliphatic heterocycles. The molecule has 100 valence electrons. The zero-order chi connectivity index (χ0) is 13.9. The van der Waals surface area contributed by atoms with Crippen molar-refractivity contribution in [3.8, 4) is 5.75 Å². The summed E-state index contributed by atoms with van der Waals surface area (Å²) in [5.74, 6) is 0.245. The molecule has 3 nitrogen and oxygen atoms in total. The molecule has 0 bridgehead atoms. The molecule has 2 N–H and O–H groups in total. The van der Waals surface area contributed by atoms with Gasteiger partial charge in [-0.2, -0.15) is 0 Å². The standard InChI is InChI=1S/C16H13ClN2O/c17-15-7-6-11(16-14(15)5-2-8-18-16)10-19-12-3-1-4-13(20)9-12/h1-9,19-20H,10H2. The number of aromatic hydroxyl groups is 1. The number of halogens is 1. The molecule has 2 aromatic carbocycles. The topological polar surface area (TPSA) is 45.1 Å². The minimum absolute atomic E-state index is 0.245. The highest BCUT2D eigenvalue weighted by atomic mass is 35.5. The number of fused-ring (bicyclic) bond motifs is 1. The fourth-order valence-electron chi connectivity index (χ4n) is 2.15. The summed E-state index contributed by atoms with van der Waals surface area (Å²) in [6, 6.07) is 14.7. The maximum Gasteiger partial charge on any atom is 0.117 e. The Labute approximate surface area is 121 Å². The fraction of sp³-hybridized carbons (Fsp3) is 0.0625. The van der Waals surface area contributed by atoms with E-state index in [0.717, 1.165) is 22.2 Å². The summed E-state index contributed by atoms with van der Waals surface area (Å²) >= 11 is 6.17. The highest BCUT2D eigenvalue weighted by molar-refractivity contribution is 6.35. The molecule has 0 atom stereocenters. The van der Waals surface area contributed by atoms with Crippen LogP contribution in [0.5, 0.6) is 5.75 Å². The third kappa shape index (κ3) is 2.53. The second kappa shape index (κ2) is 5.39. The minimum Gasteiger partial charge on any atom is -0.508 e. The first kappa shape index (κ1) is 12.8. The Bertz CT molecular complexity index is 758. The van der Waals surface area contributed by atoms with E-state index in [-0.39, 0.29) is 5.75 Å². The van der Waals surface area contributed by atoms with Crippen LogP contribution in [0.25, 0.3) is 10.9 Å². The first-order chi connectivity index (χ1) is 9.74. The van der Waals surface area contributed by atoms with Crippen molar-refractivity contribution in [2.24, 2.45) is 0 Å². The number of rotatable bonds is 3. The average Bonchev–Trinajstić information content (AvgIpc) is 2.47. The highest BCUT2D eigenvalue weighted by Crippen LogP contribution is 2.25. The van der Waals surface area contributed by atoms with E-state index in [4.69, 9.17) is 11.6 Å². The number of aromatic nitrogens is 1. The van der Waals surface area contributed by atoms with Crippen LogP contribution in [0.15, 0.2) is 54.7 Å². The predicted octanol–water partition coefficient (Wildman–Crippen LogP) is 4.21. The van der Waals surface area contributed by atoms with Crippen LogP contribution in [0.2, 0.25) is 5.02 Å². The van der Waals surface area contributed by atoms with Crippen molar-refractivity contribution in [2.45, 2.75) is 6.54 Å². The number of pyridine rings is 1. The van der Waals surface area contributed by atoms with Crippen LogP contribution in [0.1, 0.15) is 5.56 Å². The molecule has 0 fully saturated rings. The molecule has 4 heteroatoms. The maximum absolute atomic E-state index is 9.45. The van der Waals surface area contributed by atoms with Gasteiger partial charge in [0.15, 0.2) is 0 Å². The number of hydrogen-bond donors (Lipinski definition) is 2. The second-order valence-electron chi connectivity index (χ2n) is 4.51. The molecule has 0 aliphatic rings. The van der Waals surface area contributed by atoms with Crippen molar-refractivity contribution in [3.63, 3.8) is 0 Å². The number of benzene rings is 2. The van der Waals surface area contributed by atoms with Crippen LogP contribution in [-0.2, 0) is 6.54 Å². The second-order valence-corrected chi connectivity index (χ2v) is 4.92. The molecule has 0 radical (unpaired) electrons. The van der Waals surface area contributed by atoms with Crippen LogP contribution in [0, 0.1) is 0 Å². The first-order valence-electron chi connectivity index (χ1n) is 6.29. The summed E-state index contributed by atoms with van der Waals surface area (Å²) in [4.78, 5) is 4.40. The van der Waals surface area contributed by atoms with Gasteiger partial charge in [-0.15, -0.1) is 0 Å². The summed E-state index contributed by atoms with van der Waals surface area (Å²) in [5, 5.41) is 14.4. The molecule has 20 heavy (non-hydrogen) atoms. The van der Waals surface area contributed by atoms with Gasteiger partial charge in [0.1, 0.15) is 5.75 Å². The Morgan fingerprint density at radius 3 is 2.85 bits per heavy atom. The van der Waals surface area contributed by atoms with Crippen molar-refractivity contribution in [3.05, 3.63) is 65.3 Å². The van der Waals surface area contributed by atoms with E-state index in [0.29, 0.717) is 11.6 Å². The van der Waals surface area contributed by atoms with E-state index in [9.17, 15) is 5.11 Å². The Hall–Kier alpha value is -2.26. The van der Waals surface area contributed by atoms with Gasteiger partial charge in [0, 0.05) is 34.9 Å². The molecule has 0 amide bonds. The maximum atomic E-state index is 9.45. The van der Waals surface area contributed by atoms with Crippen molar-refractivity contribution in [1.29, 1.82) is 0 Å². The van der Waals surface area contributed by atoms with Crippen LogP contribution < -0.4 is 5.32 Å². The van der Waals surface area contributed by atoms with Gasteiger partial charge in [0.25, 0.3) is 0 Å². The molecular formula is C16H13ClN2O. The van der Waals surface area contributed by atoms with E-state index in [1.165, 1.54) is 0 Å². The fourth-order valence-corrected chi connectivity index (χ4v) is 2.37. The molecule has 3 rings (SSSR count). The molecule has 0 saturated carbocycles. The van der Waals surface area contributed by atoms with E-state index in [1.807, 2.05) is 30.3 Å². The van der Waals surface area contributed by atoms with Gasteiger partial charge in [-0.25, -0.2) is 0 Å². The molecule has 0 aliphatic carbocycles. The Kier molecular flexibility index (Phi) is 3.44. The molecule has 0 unspecified atom stereocenters. The van der Waals surface area contributed by atoms with Crippen molar-refractivity contribution < 1.29 is 5.11 Å². The van der Waals surface area contributed by atoms with Crippen LogP contribution in [0.3, 0.4) is 0 Å². The number of anilines is 1. The van der Waals surface area contributed by atoms with Crippen LogP contribution in [0.4, 0.5) is 5.69 Å². The quantitative estimate of drug-likeness (QED) is 0.757. The van der Waals surface area contributed by atoms with Gasteiger partial charge in [-0.3, -0.25) is 4.98 Å². The van der Waals surface area contributed by atoms with E-state index < -0.39 is 0 Å². The summed E-state index contributed by atoms with van der Waals surface area (Å²) in [7, 11) is 0. The zero-order valence-corrected chi connectivity index (χ0v) is 11.4. The highest BCUT2D eigenvalue weighted by Gasteiger charge is 2.05. The number of hydrogen-bond acceptors (Lipinski definition) is 3. The summed E-state index contributed by atoms with van der Waals surface area (Å²) in [6.07, 6.45) is 1.76. The number of nitrogens with zero attached hydrogens (tertiary/aromatic N) is 1. The van der Waals surface area contributed by atoms with Gasteiger partial charge < -0.3 is 10.4 Å². The Morgan fingerprint density at radius 2 is 2.00 bits per heavy atom. The van der Waals surface area contributed by atoms with Gasteiger partial charge in [-0.1, -0.05) is 23.7 Å². The van der Waals surface area contributed by atoms with Crippen LogP contribution >= 0.6 is 11.6 Å². The van der Waals surface area contributed by atoms with E-state index in [2.05, 4.69) is 10.3 Å². The van der Waals surface area contributed by atoms with E-state index in [1.54, 1.807) is 24.4 Å². The van der Waals surface area contributed by atoms with E-state index >= 15 is 0 Å². The van der Waals surface area contributed by atoms with Gasteiger partial charge in [-0.05, 0) is 35.9 Å². The lowest BCUT2D eigenvalue weighted by Gasteiger charge is -2.10. The SMILES string of the molecule is Oc1cccc(NCc2ccc(Cl)c3cccnc23)c1. The minimum atomic E-state index is 0.245. The normalized spacial score (nSPS) is 10.7. The average molecular weight is 285 g/mol. The molecular weight excluding hydrogens is 272 g/mol. The molecule has 0 spiro atoms. The Balaban J connectivity index is 1.90. The van der Waals surface area contributed by atoms with Gasteiger partial charge in [0.2, 0.25) is 0 Å². The van der Waals surface area contributed by atoms with Gasteiger partial charge in [0.05, 0.1) is 5.52 Å². The Morgan fingerprint density at radius 1 is 1.10 bits per heavy atom. The number of nitrogens with one attached hydrogen (secondary N) is 1. The smallest absolute Gasteiger partial charge is 0.117 e. The summed E-state index contributed by atoms with van der Waals surface area (Å²) < 4.78 is 0. The summed E-state index contributed by atoms with van der Waals surface area (Å²) in [6.45, 7) is 0.619. The number of phenolic OH excluding ortho intramolecular Hbond substituents is 1. The first-order valence-corrected chi connectivity index (χ1v) is 6.67. The van der Waals surface area contributed by atoms with Crippen molar-refractivity contribution in [2.75, 3.05) is 5.32 Å². The largest absolute Gasteiger partial charge is 0.508 e. The summed E-state index contributed by atoms with van der Waals surface area (Å²) in [5.41, 5.74) is 2.82. The monoisotopic (exact) mass is 284 g/mol. The predicted molar refractivity (Wildman–Crippen MR) is 82.2 cm³/mol. The van der Waals surface area contributed by atoms with Gasteiger partial charge >= 0.3 is 0 Å². The van der Waals surface area contributed by atoms with Crippen LogP contribution in [-0.4, -0.2) is 10.1 Å². The lowest BCUT2D eigenvalue weighted by atomic mass is 10.1.